The summed E-state index contributed by atoms with van der Waals surface area (Å²) in [4.78, 5) is 13.0. The molecule has 1 saturated heterocycles. The minimum absolute atomic E-state index is 0.566. The Morgan fingerprint density at radius 1 is 1.21 bits per heavy atom. The van der Waals surface area contributed by atoms with E-state index >= 15 is 0 Å². The van der Waals surface area contributed by atoms with Gasteiger partial charge in [0.05, 0.1) is 13.2 Å². The summed E-state index contributed by atoms with van der Waals surface area (Å²) in [6.45, 7) is 3.85. The minimum Gasteiger partial charge on any atom is -0.481 e. The van der Waals surface area contributed by atoms with E-state index < -0.39 is 6.10 Å². The van der Waals surface area contributed by atoms with E-state index in [1.54, 1.807) is 25.4 Å². The molecule has 1 aliphatic rings. The van der Waals surface area contributed by atoms with Crippen LogP contribution in [0.15, 0.2) is 36.5 Å². The van der Waals surface area contributed by atoms with Crippen molar-refractivity contribution in [3.05, 3.63) is 47.1 Å². The summed E-state index contributed by atoms with van der Waals surface area (Å²) in [5, 5.41) is 11.0. The van der Waals surface area contributed by atoms with E-state index in [1.807, 2.05) is 18.2 Å². The fourth-order valence-corrected chi connectivity index (χ4v) is 3.08. The standard InChI is InChI=1S/C17H21ClN4O2/c1-24-16-6-7-19-17(20-16)22-10-8-21(9-11-22)12-15(23)13-4-2-3-5-14(13)18/h2-7,15,23H,8-12H2,1H3. The molecule has 3 rings (SSSR count). The van der Waals surface area contributed by atoms with E-state index in [1.165, 1.54) is 0 Å². The molecule has 1 aliphatic heterocycles. The lowest BCUT2D eigenvalue weighted by Gasteiger charge is -2.35. The first-order valence-corrected chi connectivity index (χ1v) is 8.32. The van der Waals surface area contributed by atoms with Crippen molar-refractivity contribution in [2.45, 2.75) is 6.10 Å². The summed E-state index contributed by atoms with van der Waals surface area (Å²) in [5.41, 5.74) is 0.776. The third kappa shape index (κ3) is 3.95. The Morgan fingerprint density at radius 3 is 2.67 bits per heavy atom. The molecule has 6 nitrogen and oxygen atoms in total. The van der Waals surface area contributed by atoms with Gasteiger partial charge < -0.3 is 14.7 Å². The largest absolute Gasteiger partial charge is 0.481 e. The SMILES string of the molecule is COc1ccnc(N2CCN(CC(O)c3ccccc3Cl)CC2)n1. The van der Waals surface area contributed by atoms with E-state index in [9.17, 15) is 5.11 Å². The minimum atomic E-state index is -0.585. The highest BCUT2D eigenvalue weighted by Crippen LogP contribution is 2.24. The first-order valence-electron chi connectivity index (χ1n) is 7.94. The van der Waals surface area contributed by atoms with Crippen molar-refractivity contribution >= 4 is 17.5 Å². The highest BCUT2D eigenvalue weighted by atomic mass is 35.5. The molecule has 1 aromatic carbocycles. The summed E-state index contributed by atoms with van der Waals surface area (Å²) in [7, 11) is 1.60. The number of nitrogens with zero attached hydrogens (tertiary/aromatic N) is 4. The molecule has 24 heavy (non-hydrogen) atoms. The van der Waals surface area contributed by atoms with Gasteiger partial charge in [0, 0.05) is 55.6 Å². The van der Waals surface area contributed by atoms with Gasteiger partial charge in [-0.1, -0.05) is 29.8 Å². The number of aromatic nitrogens is 2. The molecular formula is C17H21ClN4O2. The van der Waals surface area contributed by atoms with Gasteiger partial charge in [0.1, 0.15) is 0 Å². The zero-order chi connectivity index (χ0) is 16.9. The maximum absolute atomic E-state index is 10.4. The topological polar surface area (TPSA) is 61.7 Å². The van der Waals surface area contributed by atoms with Crippen LogP contribution in [0.25, 0.3) is 0 Å². The number of hydrogen-bond acceptors (Lipinski definition) is 6. The first kappa shape index (κ1) is 17.0. The lowest BCUT2D eigenvalue weighted by molar-refractivity contribution is 0.109. The highest BCUT2D eigenvalue weighted by molar-refractivity contribution is 6.31. The Labute approximate surface area is 146 Å². The number of anilines is 1. The van der Waals surface area contributed by atoms with Crippen LogP contribution in [0.4, 0.5) is 5.95 Å². The van der Waals surface area contributed by atoms with Gasteiger partial charge >= 0.3 is 0 Å². The summed E-state index contributed by atoms with van der Waals surface area (Å²) in [6.07, 6.45) is 1.12. The molecule has 0 saturated carbocycles. The number of methoxy groups -OCH3 is 1. The molecule has 1 N–H and O–H groups in total. The summed E-state index contributed by atoms with van der Waals surface area (Å²) in [5.74, 6) is 1.25. The van der Waals surface area contributed by atoms with Crippen LogP contribution in [0.1, 0.15) is 11.7 Å². The van der Waals surface area contributed by atoms with Crippen molar-refractivity contribution < 1.29 is 9.84 Å². The number of hydrogen-bond donors (Lipinski definition) is 1. The summed E-state index contributed by atoms with van der Waals surface area (Å²) >= 11 is 6.15. The smallest absolute Gasteiger partial charge is 0.228 e. The lowest BCUT2D eigenvalue weighted by Crippen LogP contribution is -2.48. The van der Waals surface area contributed by atoms with Crippen molar-refractivity contribution in [3.8, 4) is 5.88 Å². The normalized spacial score (nSPS) is 16.9. The van der Waals surface area contributed by atoms with Crippen LogP contribution in [-0.2, 0) is 0 Å². The molecule has 0 bridgehead atoms. The molecule has 1 unspecified atom stereocenters. The first-order chi connectivity index (χ1) is 11.7. The van der Waals surface area contributed by atoms with Gasteiger partial charge in [-0.3, -0.25) is 4.90 Å². The maximum Gasteiger partial charge on any atom is 0.228 e. The molecular weight excluding hydrogens is 328 g/mol. The van der Waals surface area contributed by atoms with Crippen molar-refractivity contribution in [1.82, 2.24) is 14.9 Å². The van der Waals surface area contributed by atoms with Crippen molar-refractivity contribution in [2.75, 3.05) is 44.7 Å². The van der Waals surface area contributed by atoms with Crippen LogP contribution in [0.2, 0.25) is 5.02 Å². The second kappa shape index (κ2) is 7.79. The van der Waals surface area contributed by atoms with Gasteiger partial charge in [-0.2, -0.15) is 4.98 Å². The highest BCUT2D eigenvalue weighted by Gasteiger charge is 2.22. The van der Waals surface area contributed by atoms with E-state index in [2.05, 4.69) is 19.8 Å². The lowest BCUT2D eigenvalue weighted by atomic mass is 10.1. The second-order valence-corrected chi connectivity index (χ2v) is 6.13. The van der Waals surface area contributed by atoms with Crippen LogP contribution < -0.4 is 9.64 Å². The van der Waals surface area contributed by atoms with Crippen LogP contribution in [0.5, 0.6) is 5.88 Å². The molecule has 2 aromatic rings. The quantitative estimate of drug-likeness (QED) is 0.891. The maximum atomic E-state index is 10.4. The fourth-order valence-electron chi connectivity index (χ4n) is 2.82. The number of β-amino-alcohol motifs (C(OH)–C–C–N with tert-alkyl or cyclic N) is 1. The summed E-state index contributed by atoms with van der Waals surface area (Å²) < 4.78 is 5.15. The number of rotatable bonds is 5. The number of ether oxygens (including phenoxy) is 1. The Hall–Kier alpha value is -1.89. The Bertz CT molecular complexity index is 677. The molecule has 128 valence electrons. The van der Waals surface area contributed by atoms with Gasteiger partial charge in [0.2, 0.25) is 11.8 Å². The molecule has 1 fully saturated rings. The van der Waals surface area contributed by atoms with Crippen LogP contribution in [-0.4, -0.2) is 59.8 Å². The van der Waals surface area contributed by atoms with Gasteiger partial charge in [-0.25, -0.2) is 4.98 Å². The third-order valence-electron chi connectivity index (χ3n) is 4.18. The van der Waals surface area contributed by atoms with Gasteiger partial charge in [-0.05, 0) is 6.07 Å². The fraction of sp³-hybridized carbons (Fsp3) is 0.412. The van der Waals surface area contributed by atoms with Gasteiger partial charge in [0.15, 0.2) is 0 Å². The molecule has 0 amide bonds. The number of aliphatic hydroxyl groups excluding tert-OH is 1. The average molecular weight is 349 g/mol. The van der Waals surface area contributed by atoms with E-state index in [0.717, 1.165) is 31.7 Å². The molecule has 7 heteroatoms. The van der Waals surface area contributed by atoms with Crippen molar-refractivity contribution in [2.24, 2.45) is 0 Å². The number of aliphatic hydroxyl groups is 1. The zero-order valence-electron chi connectivity index (χ0n) is 13.6. The second-order valence-electron chi connectivity index (χ2n) is 5.72. The molecule has 0 aliphatic carbocycles. The zero-order valence-corrected chi connectivity index (χ0v) is 14.4. The number of benzene rings is 1. The molecule has 1 atom stereocenters. The van der Waals surface area contributed by atoms with Crippen LogP contribution in [0, 0.1) is 0 Å². The predicted octanol–water partition coefficient (Wildman–Crippen LogP) is 1.99. The molecule has 0 radical (unpaired) electrons. The van der Waals surface area contributed by atoms with E-state index in [-0.39, 0.29) is 0 Å². The van der Waals surface area contributed by atoms with Crippen molar-refractivity contribution in [3.63, 3.8) is 0 Å². The van der Waals surface area contributed by atoms with Crippen LogP contribution >= 0.6 is 11.6 Å². The number of halogens is 1. The molecule has 2 heterocycles. The van der Waals surface area contributed by atoms with Crippen LogP contribution in [0.3, 0.4) is 0 Å². The number of piperazine rings is 1. The Kier molecular flexibility index (Phi) is 5.50. The Balaban J connectivity index is 1.56. The molecule has 0 spiro atoms. The average Bonchev–Trinajstić information content (AvgIpc) is 2.62. The van der Waals surface area contributed by atoms with E-state index in [0.29, 0.717) is 23.4 Å². The predicted molar refractivity (Wildman–Crippen MR) is 93.6 cm³/mol. The Morgan fingerprint density at radius 2 is 1.96 bits per heavy atom. The monoisotopic (exact) mass is 348 g/mol. The summed E-state index contributed by atoms with van der Waals surface area (Å²) in [6, 6.07) is 9.17. The molecule has 1 aromatic heterocycles. The van der Waals surface area contributed by atoms with Gasteiger partial charge in [0.25, 0.3) is 0 Å². The van der Waals surface area contributed by atoms with Gasteiger partial charge in [-0.15, -0.1) is 0 Å². The van der Waals surface area contributed by atoms with E-state index in [4.69, 9.17) is 16.3 Å². The third-order valence-corrected chi connectivity index (χ3v) is 4.52. The van der Waals surface area contributed by atoms with Crippen molar-refractivity contribution in [1.29, 1.82) is 0 Å².